The summed E-state index contributed by atoms with van der Waals surface area (Å²) in [5.41, 5.74) is 8.24. The topological polar surface area (TPSA) is 41.0 Å². The molecule has 0 aliphatic carbocycles. The fourth-order valence-corrected chi connectivity index (χ4v) is 4.70. The molecule has 0 bridgehead atoms. The Morgan fingerprint density at radius 3 is 2.45 bits per heavy atom. The summed E-state index contributed by atoms with van der Waals surface area (Å²) in [6.45, 7) is 12.4. The van der Waals surface area contributed by atoms with Crippen molar-refractivity contribution < 1.29 is 0 Å². The largest absolute Gasteiger partial charge is 0.305 e. The molecule has 166 valence electrons. The maximum Gasteiger partial charge on any atom is 0.187 e. The number of hydrogen-bond donors (Lipinski definition) is 0. The second-order valence-corrected chi connectivity index (χ2v) is 9.09. The molecule has 0 amide bonds. The van der Waals surface area contributed by atoms with Gasteiger partial charge >= 0.3 is 0 Å². The van der Waals surface area contributed by atoms with Crippen LogP contribution in [-0.4, -0.2) is 57.6 Å². The van der Waals surface area contributed by atoms with Crippen LogP contribution in [0.15, 0.2) is 60.9 Å². The number of hydrogen-bond acceptors (Lipinski definition) is 4. The lowest BCUT2D eigenvalue weighted by atomic mass is 9.96. The Morgan fingerprint density at radius 2 is 1.79 bits per heavy atom. The predicted molar refractivity (Wildman–Crippen MR) is 132 cm³/mol. The van der Waals surface area contributed by atoms with Crippen molar-refractivity contribution in [1.82, 2.24) is 24.4 Å². The van der Waals surface area contributed by atoms with E-state index in [9.17, 15) is 0 Å². The average Bonchev–Trinajstić information content (AvgIpc) is 3.50. The first-order valence-electron chi connectivity index (χ1n) is 11.3. The smallest absolute Gasteiger partial charge is 0.187 e. The van der Waals surface area contributed by atoms with Crippen molar-refractivity contribution in [2.45, 2.75) is 25.9 Å². The zero-order valence-electron chi connectivity index (χ0n) is 19.4. The van der Waals surface area contributed by atoms with Crippen molar-refractivity contribution >= 4 is 11.3 Å². The first-order chi connectivity index (χ1) is 16.0. The Morgan fingerprint density at radius 1 is 1.06 bits per heavy atom. The lowest BCUT2D eigenvalue weighted by Crippen LogP contribution is -2.31. The summed E-state index contributed by atoms with van der Waals surface area (Å²) < 4.78 is 1.98. The van der Waals surface area contributed by atoms with E-state index in [0.29, 0.717) is 11.7 Å². The van der Waals surface area contributed by atoms with Gasteiger partial charge in [0, 0.05) is 42.4 Å². The van der Waals surface area contributed by atoms with Gasteiger partial charge in [-0.3, -0.25) is 4.90 Å². The lowest BCUT2D eigenvalue weighted by Gasteiger charge is -2.21. The van der Waals surface area contributed by atoms with Crippen LogP contribution in [0.1, 0.15) is 17.5 Å². The van der Waals surface area contributed by atoms with Crippen molar-refractivity contribution in [3.8, 4) is 22.4 Å². The first kappa shape index (κ1) is 21.3. The number of rotatable bonds is 5. The maximum absolute atomic E-state index is 7.30. The fourth-order valence-electron chi connectivity index (χ4n) is 4.70. The number of fused-ring (bicyclic) bond motifs is 1. The minimum absolute atomic E-state index is 0.589. The molecule has 1 fully saturated rings. The molecule has 1 aliphatic rings. The number of pyridine rings is 1. The van der Waals surface area contributed by atoms with E-state index in [-0.39, 0.29) is 0 Å². The standard InChI is InChI=1S/C27H28N6/c1-19-5-7-21(8-6-19)26-25(20-9-11-23(28-2)12-10-20)15-22(27-29-18-30-33(26)27)16-32-14-13-24(17-32)31(3)4/h5-12,15,18,24H,13-14,16-17H2,1,3-4H3/t24-/m0/s1. The highest BCUT2D eigenvalue weighted by molar-refractivity contribution is 5.84. The fraction of sp³-hybridized carbons (Fsp3) is 0.296. The summed E-state index contributed by atoms with van der Waals surface area (Å²) in [5.74, 6) is 0. The summed E-state index contributed by atoms with van der Waals surface area (Å²) in [5, 5.41) is 4.65. The van der Waals surface area contributed by atoms with E-state index in [1.165, 1.54) is 17.5 Å². The van der Waals surface area contributed by atoms with Crippen LogP contribution in [-0.2, 0) is 6.54 Å². The monoisotopic (exact) mass is 436 g/mol. The third-order valence-electron chi connectivity index (χ3n) is 6.62. The zero-order chi connectivity index (χ0) is 22.9. The zero-order valence-corrected chi connectivity index (χ0v) is 19.4. The van der Waals surface area contributed by atoms with Crippen molar-refractivity contribution in [1.29, 1.82) is 0 Å². The summed E-state index contributed by atoms with van der Waals surface area (Å²) in [4.78, 5) is 13.0. The summed E-state index contributed by atoms with van der Waals surface area (Å²) in [7, 11) is 4.32. The van der Waals surface area contributed by atoms with Crippen LogP contribution in [0, 0.1) is 13.5 Å². The number of benzene rings is 2. The van der Waals surface area contributed by atoms with Gasteiger partial charge in [0.1, 0.15) is 6.33 Å². The second-order valence-electron chi connectivity index (χ2n) is 9.09. The quantitative estimate of drug-likeness (QED) is 0.410. The predicted octanol–water partition coefficient (Wildman–Crippen LogP) is 5.06. The van der Waals surface area contributed by atoms with E-state index >= 15 is 0 Å². The highest BCUT2D eigenvalue weighted by Gasteiger charge is 2.25. The Labute approximate surface area is 194 Å². The molecular formula is C27H28N6. The molecule has 0 spiro atoms. The van der Waals surface area contributed by atoms with Gasteiger partial charge in [-0.15, -0.1) is 0 Å². The SMILES string of the molecule is [C-]#[N+]c1ccc(-c2cc(CN3CC[C@H](N(C)C)C3)c3ncnn3c2-c2ccc(C)cc2)cc1. The van der Waals surface area contributed by atoms with E-state index in [0.717, 1.165) is 47.7 Å². The van der Waals surface area contributed by atoms with Gasteiger partial charge in [-0.05, 0) is 39.1 Å². The average molecular weight is 437 g/mol. The van der Waals surface area contributed by atoms with Gasteiger partial charge in [-0.2, -0.15) is 5.10 Å². The van der Waals surface area contributed by atoms with Gasteiger partial charge in [0.25, 0.3) is 0 Å². The van der Waals surface area contributed by atoms with Gasteiger partial charge in [0.2, 0.25) is 0 Å². The summed E-state index contributed by atoms with van der Waals surface area (Å²) in [6.07, 6.45) is 2.83. The highest BCUT2D eigenvalue weighted by atomic mass is 15.3. The number of likely N-dealkylation sites (N-methyl/N-ethyl adjacent to an activating group) is 1. The molecule has 3 heterocycles. The van der Waals surface area contributed by atoms with Crippen molar-refractivity contribution in [3.05, 3.63) is 83.5 Å². The van der Waals surface area contributed by atoms with Crippen LogP contribution in [0.2, 0.25) is 0 Å². The van der Waals surface area contributed by atoms with E-state index < -0.39 is 0 Å². The molecule has 1 aliphatic heterocycles. The Balaban J connectivity index is 1.65. The Kier molecular flexibility index (Phi) is 5.67. The van der Waals surface area contributed by atoms with Crippen LogP contribution in [0.4, 0.5) is 5.69 Å². The lowest BCUT2D eigenvalue weighted by molar-refractivity contribution is 0.265. The molecule has 6 nitrogen and oxygen atoms in total. The summed E-state index contributed by atoms with van der Waals surface area (Å²) >= 11 is 0. The van der Waals surface area contributed by atoms with Gasteiger partial charge in [-0.25, -0.2) is 14.3 Å². The van der Waals surface area contributed by atoms with Crippen molar-refractivity contribution in [2.75, 3.05) is 27.2 Å². The second kappa shape index (κ2) is 8.78. The Hall–Kier alpha value is -3.53. The number of aromatic nitrogens is 3. The molecule has 2 aromatic carbocycles. The number of likely N-dealkylation sites (tertiary alicyclic amines) is 1. The molecule has 2 aromatic heterocycles. The molecule has 0 N–H and O–H groups in total. The molecule has 1 saturated heterocycles. The molecule has 0 radical (unpaired) electrons. The molecule has 5 rings (SSSR count). The van der Waals surface area contributed by atoms with Gasteiger partial charge in [-0.1, -0.05) is 54.1 Å². The van der Waals surface area contributed by atoms with Gasteiger partial charge < -0.3 is 4.90 Å². The van der Waals surface area contributed by atoms with E-state index in [4.69, 9.17) is 6.57 Å². The molecule has 33 heavy (non-hydrogen) atoms. The maximum atomic E-state index is 7.30. The minimum Gasteiger partial charge on any atom is -0.305 e. The van der Waals surface area contributed by atoms with E-state index in [2.05, 4.69) is 76.1 Å². The van der Waals surface area contributed by atoms with E-state index in [1.54, 1.807) is 6.33 Å². The Bertz CT molecular complexity index is 1310. The third-order valence-corrected chi connectivity index (χ3v) is 6.62. The molecule has 6 heteroatoms. The van der Waals surface area contributed by atoms with Gasteiger partial charge in [0.05, 0.1) is 12.3 Å². The number of nitrogens with zero attached hydrogens (tertiary/aromatic N) is 6. The van der Waals surface area contributed by atoms with Crippen LogP contribution in [0.3, 0.4) is 0 Å². The van der Waals surface area contributed by atoms with Crippen LogP contribution >= 0.6 is 0 Å². The van der Waals surface area contributed by atoms with Crippen LogP contribution < -0.4 is 0 Å². The van der Waals surface area contributed by atoms with E-state index in [1.807, 2.05) is 28.8 Å². The molecule has 4 aromatic rings. The van der Waals surface area contributed by atoms with Crippen molar-refractivity contribution in [2.24, 2.45) is 0 Å². The van der Waals surface area contributed by atoms with Crippen LogP contribution in [0.5, 0.6) is 0 Å². The minimum atomic E-state index is 0.589. The van der Waals surface area contributed by atoms with Crippen LogP contribution in [0.25, 0.3) is 32.9 Å². The highest BCUT2D eigenvalue weighted by Crippen LogP contribution is 2.35. The number of aryl methyl sites for hydroxylation is 1. The molecule has 0 saturated carbocycles. The first-order valence-corrected chi connectivity index (χ1v) is 11.3. The normalized spacial score (nSPS) is 16.5. The van der Waals surface area contributed by atoms with Crippen molar-refractivity contribution in [3.63, 3.8) is 0 Å². The molecular weight excluding hydrogens is 408 g/mol. The van der Waals surface area contributed by atoms with Gasteiger partial charge in [0.15, 0.2) is 11.3 Å². The third kappa shape index (κ3) is 4.13. The molecule has 1 atom stereocenters. The molecule has 0 unspecified atom stereocenters. The summed E-state index contributed by atoms with van der Waals surface area (Å²) in [6, 6.07) is 19.2.